The molecule has 0 unspecified atom stereocenters. The first-order valence-corrected chi connectivity index (χ1v) is 9.99. The molecule has 28 heavy (non-hydrogen) atoms. The minimum atomic E-state index is -0.0614. The molecule has 0 radical (unpaired) electrons. The fourth-order valence-electron chi connectivity index (χ4n) is 2.69. The minimum Gasteiger partial charge on any atom is -0.387 e. The Balaban J connectivity index is 1.60. The third kappa shape index (κ3) is 5.08. The predicted molar refractivity (Wildman–Crippen MR) is 113 cm³/mol. The molecule has 2 heterocycles. The number of amides is 2. The van der Waals surface area contributed by atoms with E-state index in [0.29, 0.717) is 43.7 Å². The summed E-state index contributed by atoms with van der Waals surface area (Å²) in [6.45, 7) is 5.30. The molecule has 1 fully saturated rings. The average Bonchev–Trinajstić information content (AvgIpc) is 3.36. The Morgan fingerprint density at radius 1 is 1.43 bits per heavy atom. The molecular formula is C19H24N6O2S. The Kier molecular flexibility index (Phi) is 6.99. The van der Waals surface area contributed by atoms with Gasteiger partial charge >= 0.3 is 6.03 Å². The van der Waals surface area contributed by atoms with Gasteiger partial charge in [0, 0.05) is 55.3 Å². The topological polar surface area (TPSA) is 102 Å². The molecule has 0 spiro atoms. The minimum absolute atomic E-state index is 0.0614. The van der Waals surface area contributed by atoms with Crippen LogP contribution in [0, 0.1) is 5.41 Å². The summed E-state index contributed by atoms with van der Waals surface area (Å²) in [4.78, 5) is 18.1. The number of nitrogens with one attached hydrogen (secondary N) is 4. The van der Waals surface area contributed by atoms with Crippen molar-refractivity contribution in [2.24, 2.45) is 0 Å². The number of rotatable bonds is 10. The van der Waals surface area contributed by atoms with Crippen LogP contribution in [-0.4, -0.2) is 50.1 Å². The molecule has 2 aromatic rings. The largest absolute Gasteiger partial charge is 0.387 e. The number of nitrogens with zero attached hydrogens (tertiary/aromatic N) is 2. The van der Waals surface area contributed by atoms with Crippen LogP contribution >= 0.6 is 11.3 Å². The summed E-state index contributed by atoms with van der Waals surface area (Å²) in [7, 11) is 0. The van der Waals surface area contributed by atoms with E-state index < -0.39 is 0 Å². The number of hydrogen-bond acceptors (Lipinski definition) is 7. The molecule has 8 nitrogen and oxygen atoms in total. The molecule has 148 valence electrons. The Bertz CT molecular complexity index is 833. The number of aromatic nitrogens is 1. The van der Waals surface area contributed by atoms with E-state index in [0.717, 1.165) is 16.9 Å². The maximum Gasteiger partial charge on any atom is 0.321 e. The van der Waals surface area contributed by atoms with Crippen molar-refractivity contribution in [1.82, 2.24) is 15.6 Å². The lowest BCUT2D eigenvalue weighted by Gasteiger charge is -2.14. The number of allylic oxidation sites excluding steroid dienone is 1. The molecule has 3 rings (SSSR count). The number of hydrogen-bond donors (Lipinski definition) is 4. The van der Waals surface area contributed by atoms with Gasteiger partial charge in [-0.15, -0.1) is 11.3 Å². The van der Waals surface area contributed by atoms with E-state index in [2.05, 4.69) is 20.9 Å². The number of anilines is 2. The zero-order chi connectivity index (χ0) is 19.8. The maximum atomic E-state index is 11.8. The van der Waals surface area contributed by atoms with E-state index in [4.69, 9.17) is 10.1 Å². The van der Waals surface area contributed by atoms with Gasteiger partial charge in [-0.1, -0.05) is 12.1 Å². The lowest BCUT2D eigenvalue weighted by atomic mass is 10.1. The fourth-order valence-corrected chi connectivity index (χ4v) is 3.43. The molecule has 9 heteroatoms. The molecule has 1 saturated heterocycles. The molecule has 1 aromatic heterocycles. The number of thiazole rings is 1. The summed E-state index contributed by atoms with van der Waals surface area (Å²) < 4.78 is 5.26. The molecule has 0 saturated carbocycles. The zero-order valence-electron chi connectivity index (χ0n) is 15.7. The SMILES string of the molecule is CCOCCN/C=C(\C=N)Nc1nc(-c2ccc(N3CCNC3=O)cc2)cs1. The van der Waals surface area contributed by atoms with Crippen molar-refractivity contribution in [3.05, 3.63) is 41.5 Å². The molecule has 1 aliphatic rings. The van der Waals surface area contributed by atoms with Gasteiger partial charge in [0.05, 0.1) is 18.0 Å². The van der Waals surface area contributed by atoms with E-state index >= 15 is 0 Å². The first kappa shape index (κ1) is 19.8. The van der Waals surface area contributed by atoms with Crippen LogP contribution in [0.5, 0.6) is 0 Å². The Morgan fingerprint density at radius 3 is 2.93 bits per heavy atom. The Hall–Kier alpha value is -2.91. The van der Waals surface area contributed by atoms with Crippen LogP contribution in [0.1, 0.15) is 6.92 Å². The first-order chi connectivity index (χ1) is 13.7. The second kappa shape index (κ2) is 9.86. The summed E-state index contributed by atoms with van der Waals surface area (Å²) >= 11 is 1.47. The van der Waals surface area contributed by atoms with E-state index in [1.165, 1.54) is 17.6 Å². The summed E-state index contributed by atoms with van der Waals surface area (Å²) in [5.41, 5.74) is 3.31. The van der Waals surface area contributed by atoms with Gasteiger partial charge in [-0.05, 0) is 19.1 Å². The van der Waals surface area contributed by atoms with Gasteiger partial charge in [-0.3, -0.25) is 4.90 Å². The highest BCUT2D eigenvalue weighted by atomic mass is 32.1. The third-order valence-electron chi connectivity index (χ3n) is 4.09. The maximum absolute atomic E-state index is 11.8. The molecule has 0 aliphatic carbocycles. The smallest absolute Gasteiger partial charge is 0.321 e. The zero-order valence-corrected chi connectivity index (χ0v) is 16.5. The second-order valence-electron chi connectivity index (χ2n) is 5.99. The molecular weight excluding hydrogens is 376 g/mol. The van der Waals surface area contributed by atoms with E-state index in [9.17, 15) is 4.79 Å². The van der Waals surface area contributed by atoms with Crippen LogP contribution in [0.2, 0.25) is 0 Å². The van der Waals surface area contributed by atoms with Crippen LogP contribution < -0.4 is 20.9 Å². The van der Waals surface area contributed by atoms with Crippen molar-refractivity contribution in [3.8, 4) is 11.3 Å². The normalized spacial score (nSPS) is 14.1. The van der Waals surface area contributed by atoms with Crippen LogP contribution in [0.25, 0.3) is 11.3 Å². The fraction of sp³-hybridized carbons (Fsp3) is 0.316. The van der Waals surface area contributed by atoms with Crippen molar-refractivity contribution in [1.29, 1.82) is 5.41 Å². The van der Waals surface area contributed by atoms with E-state index in [1.54, 1.807) is 11.1 Å². The van der Waals surface area contributed by atoms with Crippen molar-refractivity contribution >= 4 is 34.4 Å². The number of ether oxygens (including phenoxy) is 1. The Morgan fingerprint density at radius 2 is 2.25 bits per heavy atom. The highest BCUT2D eigenvalue weighted by Gasteiger charge is 2.20. The highest BCUT2D eigenvalue weighted by molar-refractivity contribution is 7.14. The number of urea groups is 1. The van der Waals surface area contributed by atoms with Gasteiger partial charge in [0.15, 0.2) is 5.13 Å². The van der Waals surface area contributed by atoms with Crippen LogP contribution in [-0.2, 0) is 4.74 Å². The molecule has 0 atom stereocenters. The van der Waals surface area contributed by atoms with Gasteiger partial charge in [-0.2, -0.15) is 0 Å². The number of benzene rings is 1. The van der Waals surface area contributed by atoms with Crippen LogP contribution in [0.4, 0.5) is 15.6 Å². The quantitative estimate of drug-likeness (QED) is 0.363. The summed E-state index contributed by atoms with van der Waals surface area (Å²) in [5.74, 6) is 0. The van der Waals surface area contributed by atoms with Crippen molar-refractivity contribution < 1.29 is 9.53 Å². The van der Waals surface area contributed by atoms with Crippen LogP contribution in [0.15, 0.2) is 41.5 Å². The van der Waals surface area contributed by atoms with Gasteiger partial charge in [0.2, 0.25) is 0 Å². The van der Waals surface area contributed by atoms with Gasteiger partial charge < -0.3 is 26.1 Å². The summed E-state index contributed by atoms with van der Waals surface area (Å²) in [5, 5.41) is 19.2. The van der Waals surface area contributed by atoms with E-state index in [-0.39, 0.29) is 6.03 Å². The van der Waals surface area contributed by atoms with Crippen LogP contribution in [0.3, 0.4) is 0 Å². The monoisotopic (exact) mass is 400 g/mol. The lowest BCUT2D eigenvalue weighted by molar-refractivity contribution is 0.151. The average molecular weight is 401 g/mol. The van der Waals surface area contributed by atoms with Gasteiger partial charge in [-0.25, -0.2) is 9.78 Å². The molecule has 2 amide bonds. The Labute approximate surface area is 168 Å². The van der Waals surface area contributed by atoms with Gasteiger partial charge in [0.1, 0.15) is 0 Å². The third-order valence-corrected chi connectivity index (χ3v) is 4.85. The summed E-state index contributed by atoms with van der Waals surface area (Å²) in [6.07, 6.45) is 2.98. The van der Waals surface area contributed by atoms with Gasteiger partial charge in [0.25, 0.3) is 0 Å². The molecule has 0 bridgehead atoms. The first-order valence-electron chi connectivity index (χ1n) is 9.11. The second-order valence-corrected chi connectivity index (χ2v) is 6.85. The van der Waals surface area contributed by atoms with Crippen molar-refractivity contribution in [2.75, 3.05) is 43.1 Å². The molecule has 1 aliphatic heterocycles. The predicted octanol–water partition coefficient (Wildman–Crippen LogP) is 2.87. The highest BCUT2D eigenvalue weighted by Crippen LogP contribution is 2.27. The standard InChI is InChI=1S/C19H24N6O2S/c1-2-27-10-8-21-12-15(11-20)23-18-24-17(13-28-18)14-3-5-16(6-4-14)25-9-7-22-19(25)26/h3-6,11-13,20-21H,2,7-10H2,1H3,(H,22,26)(H,23,24)/b15-12+,20-11?. The summed E-state index contributed by atoms with van der Waals surface area (Å²) in [6, 6.07) is 7.72. The van der Waals surface area contributed by atoms with E-state index in [1.807, 2.05) is 36.6 Å². The number of carbonyl (C=O) groups excluding carboxylic acids is 1. The lowest BCUT2D eigenvalue weighted by Crippen LogP contribution is -2.27. The van der Waals surface area contributed by atoms with Crippen molar-refractivity contribution in [2.45, 2.75) is 6.92 Å². The molecule has 4 N–H and O–H groups in total. The number of carbonyl (C=O) groups is 1. The van der Waals surface area contributed by atoms with Crippen molar-refractivity contribution in [3.63, 3.8) is 0 Å². The molecule has 1 aromatic carbocycles.